The topological polar surface area (TPSA) is 90.8 Å². The number of benzene rings is 2. The second-order valence-corrected chi connectivity index (χ2v) is 5.57. The first-order valence-corrected chi connectivity index (χ1v) is 7.60. The summed E-state index contributed by atoms with van der Waals surface area (Å²) in [6, 6.07) is 15.9. The number of phenolic OH excluding ortho intramolecular Hbond substituents is 1. The van der Waals surface area contributed by atoms with Crippen LogP contribution in [0.2, 0.25) is 0 Å². The molecule has 2 atom stereocenters. The molecule has 2 unspecified atom stereocenters. The first-order valence-electron chi connectivity index (χ1n) is 7.60. The van der Waals surface area contributed by atoms with Crippen molar-refractivity contribution in [1.82, 2.24) is 10.7 Å². The molecule has 1 aliphatic rings. The van der Waals surface area contributed by atoms with Crippen molar-refractivity contribution in [2.75, 3.05) is 6.54 Å². The van der Waals surface area contributed by atoms with Crippen molar-refractivity contribution in [1.29, 1.82) is 0 Å². The van der Waals surface area contributed by atoms with Gasteiger partial charge in [0, 0.05) is 12.5 Å². The van der Waals surface area contributed by atoms with Gasteiger partial charge in [-0.2, -0.15) is 5.10 Å². The number of hydrazone groups is 1. The number of aromatic hydroxyl groups is 1. The zero-order valence-electron chi connectivity index (χ0n) is 12.8. The predicted molar refractivity (Wildman–Crippen MR) is 89.5 cm³/mol. The zero-order chi connectivity index (χ0) is 16.9. The van der Waals surface area contributed by atoms with Crippen LogP contribution in [0.25, 0.3) is 0 Å². The number of nitrogens with zero attached hydrogens (tertiary/aromatic N) is 1. The highest BCUT2D eigenvalue weighted by Gasteiger charge is 2.40. The lowest BCUT2D eigenvalue weighted by atomic mass is 9.88. The van der Waals surface area contributed by atoms with Gasteiger partial charge in [0.1, 0.15) is 11.7 Å². The van der Waals surface area contributed by atoms with E-state index in [2.05, 4.69) is 15.8 Å². The summed E-state index contributed by atoms with van der Waals surface area (Å²) in [6.45, 7) is 0.428. The van der Waals surface area contributed by atoms with Crippen LogP contribution in [0, 0.1) is 5.92 Å². The number of carbonyl (C=O) groups excluding carboxylic acids is 2. The fourth-order valence-corrected chi connectivity index (χ4v) is 2.78. The lowest BCUT2D eigenvalue weighted by molar-refractivity contribution is -0.133. The van der Waals surface area contributed by atoms with Gasteiger partial charge >= 0.3 is 0 Å². The SMILES string of the molecule is O=C1NCC(c2ccccc2)C1C(=O)N/N=C\c1cccc(O)c1. The molecule has 1 heterocycles. The molecule has 0 aromatic heterocycles. The molecule has 0 radical (unpaired) electrons. The molecule has 0 bridgehead atoms. The summed E-state index contributed by atoms with van der Waals surface area (Å²) >= 11 is 0. The summed E-state index contributed by atoms with van der Waals surface area (Å²) in [6.07, 6.45) is 1.42. The molecule has 0 saturated carbocycles. The highest BCUT2D eigenvalue weighted by Crippen LogP contribution is 2.28. The minimum atomic E-state index is -0.811. The molecule has 2 aromatic rings. The lowest BCUT2D eigenvalue weighted by Crippen LogP contribution is -2.34. The van der Waals surface area contributed by atoms with E-state index < -0.39 is 11.8 Å². The van der Waals surface area contributed by atoms with E-state index in [1.165, 1.54) is 12.3 Å². The highest BCUT2D eigenvalue weighted by molar-refractivity contribution is 6.03. The minimum Gasteiger partial charge on any atom is -0.508 e. The van der Waals surface area contributed by atoms with Gasteiger partial charge in [0.25, 0.3) is 5.91 Å². The fourth-order valence-electron chi connectivity index (χ4n) is 2.78. The molecule has 6 heteroatoms. The van der Waals surface area contributed by atoms with Gasteiger partial charge in [-0.25, -0.2) is 5.43 Å². The molecular formula is C18H17N3O3. The van der Waals surface area contributed by atoms with E-state index in [-0.39, 0.29) is 17.6 Å². The largest absolute Gasteiger partial charge is 0.508 e. The molecular weight excluding hydrogens is 306 g/mol. The van der Waals surface area contributed by atoms with Crippen LogP contribution in [-0.4, -0.2) is 29.7 Å². The summed E-state index contributed by atoms with van der Waals surface area (Å²) in [5.41, 5.74) is 3.99. The van der Waals surface area contributed by atoms with Crippen molar-refractivity contribution < 1.29 is 14.7 Å². The summed E-state index contributed by atoms with van der Waals surface area (Å²) < 4.78 is 0. The average Bonchev–Trinajstić information content (AvgIpc) is 2.97. The van der Waals surface area contributed by atoms with Crippen molar-refractivity contribution in [3.8, 4) is 5.75 Å². The molecule has 3 rings (SSSR count). The van der Waals surface area contributed by atoms with Crippen molar-refractivity contribution in [3.63, 3.8) is 0 Å². The minimum absolute atomic E-state index is 0.115. The summed E-state index contributed by atoms with van der Waals surface area (Å²) in [4.78, 5) is 24.4. The molecule has 24 heavy (non-hydrogen) atoms. The van der Waals surface area contributed by atoms with Gasteiger partial charge in [-0.05, 0) is 23.3 Å². The second-order valence-electron chi connectivity index (χ2n) is 5.57. The van der Waals surface area contributed by atoms with Gasteiger partial charge in [0.2, 0.25) is 5.91 Å². The third-order valence-corrected chi connectivity index (χ3v) is 3.95. The van der Waals surface area contributed by atoms with Crippen molar-refractivity contribution in [2.45, 2.75) is 5.92 Å². The number of hydrogen-bond acceptors (Lipinski definition) is 4. The van der Waals surface area contributed by atoms with E-state index in [1.54, 1.807) is 18.2 Å². The van der Waals surface area contributed by atoms with Crippen LogP contribution >= 0.6 is 0 Å². The van der Waals surface area contributed by atoms with Crippen LogP contribution in [0.4, 0.5) is 0 Å². The third kappa shape index (κ3) is 3.43. The van der Waals surface area contributed by atoms with Crippen LogP contribution in [0.5, 0.6) is 5.75 Å². The summed E-state index contributed by atoms with van der Waals surface area (Å²) in [5, 5.41) is 16.0. The molecule has 2 aromatic carbocycles. The number of hydrogen-bond donors (Lipinski definition) is 3. The molecule has 3 N–H and O–H groups in total. The quantitative estimate of drug-likeness (QED) is 0.451. The molecule has 0 spiro atoms. The molecule has 0 aliphatic carbocycles. The molecule has 2 amide bonds. The zero-order valence-corrected chi connectivity index (χ0v) is 12.8. The average molecular weight is 323 g/mol. The Morgan fingerprint density at radius 2 is 2.00 bits per heavy atom. The van der Waals surface area contributed by atoms with E-state index in [1.807, 2.05) is 30.3 Å². The number of carbonyl (C=O) groups is 2. The number of amides is 2. The van der Waals surface area contributed by atoms with Gasteiger partial charge < -0.3 is 10.4 Å². The summed E-state index contributed by atoms with van der Waals surface area (Å²) in [5.74, 6) is -1.66. The number of rotatable bonds is 4. The third-order valence-electron chi connectivity index (χ3n) is 3.95. The van der Waals surface area contributed by atoms with Gasteiger partial charge in [-0.3, -0.25) is 9.59 Å². The monoisotopic (exact) mass is 323 g/mol. The Hall–Kier alpha value is -3.15. The Bertz CT molecular complexity index is 774. The lowest BCUT2D eigenvalue weighted by Gasteiger charge is -2.15. The maximum atomic E-state index is 12.4. The molecule has 1 aliphatic heterocycles. The maximum Gasteiger partial charge on any atom is 0.253 e. The van der Waals surface area contributed by atoms with Gasteiger partial charge in [-0.15, -0.1) is 0 Å². The normalized spacial score (nSPS) is 20.1. The van der Waals surface area contributed by atoms with E-state index in [4.69, 9.17) is 0 Å². The standard InChI is InChI=1S/C18H17N3O3/c22-14-8-4-5-12(9-14)10-20-21-18(24)16-15(11-19-17(16)23)13-6-2-1-3-7-13/h1-10,15-16,22H,11H2,(H,19,23)(H,21,24)/b20-10-. The Labute approximate surface area is 139 Å². The predicted octanol–water partition coefficient (Wildman–Crippen LogP) is 1.37. The van der Waals surface area contributed by atoms with Crippen LogP contribution < -0.4 is 10.7 Å². The Kier molecular flexibility index (Phi) is 4.56. The van der Waals surface area contributed by atoms with E-state index in [0.717, 1.165) is 5.56 Å². The first-order chi connectivity index (χ1) is 11.6. The second kappa shape index (κ2) is 6.95. The van der Waals surface area contributed by atoms with Crippen molar-refractivity contribution >= 4 is 18.0 Å². The number of nitrogens with one attached hydrogen (secondary N) is 2. The fraction of sp³-hybridized carbons (Fsp3) is 0.167. The summed E-state index contributed by atoms with van der Waals surface area (Å²) in [7, 11) is 0. The van der Waals surface area contributed by atoms with Gasteiger partial charge in [0.15, 0.2) is 0 Å². The van der Waals surface area contributed by atoms with E-state index in [9.17, 15) is 14.7 Å². The first kappa shape index (κ1) is 15.7. The molecule has 1 fully saturated rings. The Morgan fingerprint density at radius 3 is 2.75 bits per heavy atom. The van der Waals surface area contributed by atoms with Crippen molar-refractivity contribution in [2.24, 2.45) is 11.0 Å². The highest BCUT2D eigenvalue weighted by atomic mass is 16.3. The van der Waals surface area contributed by atoms with E-state index >= 15 is 0 Å². The van der Waals surface area contributed by atoms with E-state index in [0.29, 0.717) is 12.1 Å². The number of phenols is 1. The van der Waals surface area contributed by atoms with Crippen LogP contribution in [0.3, 0.4) is 0 Å². The van der Waals surface area contributed by atoms with Crippen LogP contribution in [-0.2, 0) is 9.59 Å². The van der Waals surface area contributed by atoms with Gasteiger partial charge in [-0.1, -0.05) is 42.5 Å². The molecule has 122 valence electrons. The Balaban J connectivity index is 1.70. The van der Waals surface area contributed by atoms with Crippen molar-refractivity contribution in [3.05, 3.63) is 65.7 Å². The van der Waals surface area contributed by atoms with Crippen LogP contribution in [0.15, 0.2) is 59.7 Å². The molecule has 6 nitrogen and oxygen atoms in total. The Morgan fingerprint density at radius 1 is 1.21 bits per heavy atom. The van der Waals surface area contributed by atoms with Crippen LogP contribution in [0.1, 0.15) is 17.0 Å². The molecule has 1 saturated heterocycles. The smallest absolute Gasteiger partial charge is 0.253 e. The maximum absolute atomic E-state index is 12.4. The van der Waals surface area contributed by atoms with Gasteiger partial charge in [0.05, 0.1) is 6.21 Å².